The van der Waals surface area contributed by atoms with Crippen LogP contribution in [0, 0.1) is 6.92 Å². The summed E-state index contributed by atoms with van der Waals surface area (Å²) in [6.07, 6.45) is 0.403. The fourth-order valence-corrected chi connectivity index (χ4v) is 3.51. The standard InChI is InChI=1S/C27H30N2O4/c1-20-9-11-22(12-10-20)18-29(25(27(31)28-2)17-21-7-5-4-6-8-21)26(30)19-33-24-15-13-23(32-3)14-16-24/h4-16,25H,17-19H2,1-3H3,(H,28,31)/t25-/m1/s1. The largest absolute Gasteiger partial charge is 0.497 e. The van der Waals surface area contributed by atoms with Crippen LogP contribution in [0.25, 0.3) is 0 Å². The number of likely N-dealkylation sites (N-methyl/N-ethyl adjacent to an activating group) is 1. The highest BCUT2D eigenvalue weighted by atomic mass is 16.5. The summed E-state index contributed by atoms with van der Waals surface area (Å²) in [5, 5.41) is 2.71. The number of amides is 2. The molecule has 0 spiro atoms. The van der Waals surface area contributed by atoms with Gasteiger partial charge in [0.15, 0.2) is 6.61 Å². The molecule has 0 aromatic heterocycles. The van der Waals surface area contributed by atoms with E-state index in [1.54, 1.807) is 43.3 Å². The first-order valence-electron chi connectivity index (χ1n) is 10.9. The Balaban J connectivity index is 1.84. The fourth-order valence-electron chi connectivity index (χ4n) is 3.51. The number of rotatable bonds is 10. The van der Waals surface area contributed by atoms with Gasteiger partial charge in [0.1, 0.15) is 17.5 Å². The molecular weight excluding hydrogens is 416 g/mol. The van der Waals surface area contributed by atoms with Crippen molar-refractivity contribution in [2.24, 2.45) is 0 Å². The van der Waals surface area contributed by atoms with Gasteiger partial charge in [-0.15, -0.1) is 0 Å². The maximum Gasteiger partial charge on any atom is 0.261 e. The van der Waals surface area contributed by atoms with E-state index < -0.39 is 6.04 Å². The first kappa shape index (κ1) is 23.9. The average Bonchev–Trinajstić information content (AvgIpc) is 2.86. The monoisotopic (exact) mass is 446 g/mol. The van der Waals surface area contributed by atoms with Gasteiger partial charge in [0.2, 0.25) is 5.91 Å². The predicted octanol–water partition coefficient (Wildman–Crippen LogP) is 3.77. The maximum absolute atomic E-state index is 13.4. The van der Waals surface area contributed by atoms with Gasteiger partial charge in [0.25, 0.3) is 5.91 Å². The Kier molecular flexibility index (Phi) is 8.47. The molecule has 0 heterocycles. The number of nitrogens with one attached hydrogen (secondary N) is 1. The van der Waals surface area contributed by atoms with Crippen LogP contribution in [0.15, 0.2) is 78.9 Å². The fraction of sp³-hybridized carbons (Fsp3) is 0.259. The van der Waals surface area contributed by atoms with Crippen LogP contribution in [-0.2, 0) is 22.6 Å². The second kappa shape index (κ2) is 11.7. The van der Waals surface area contributed by atoms with E-state index in [1.807, 2.05) is 61.5 Å². The van der Waals surface area contributed by atoms with Crippen molar-refractivity contribution in [3.05, 3.63) is 95.6 Å². The van der Waals surface area contributed by atoms with Crippen molar-refractivity contribution >= 4 is 11.8 Å². The molecular formula is C27H30N2O4. The smallest absolute Gasteiger partial charge is 0.261 e. The number of hydrogen-bond acceptors (Lipinski definition) is 4. The van der Waals surface area contributed by atoms with E-state index in [2.05, 4.69) is 5.32 Å². The van der Waals surface area contributed by atoms with Crippen LogP contribution >= 0.6 is 0 Å². The Hall–Kier alpha value is -3.80. The molecule has 0 radical (unpaired) electrons. The number of methoxy groups -OCH3 is 1. The Bertz CT molecular complexity index is 1030. The molecule has 0 saturated heterocycles. The number of carbonyl (C=O) groups excluding carboxylic acids is 2. The van der Waals surface area contributed by atoms with Crippen molar-refractivity contribution in [3.63, 3.8) is 0 Å². The van der Waals surface area contributed by atoms with Gasteiger partial charge >= 0.3 is 0 Å². The lowest BCUT2D eigenvalue weighted by Crippen LogP contribution is -2.51. The number of ether oxygens (including phenoxy) is 2. The van der Waals surface area contributed by atoms with Crippen molar-refractivity contribution in [1.82, 2.24) is 10.2 Å². The van der Waals surface area contributed by atoms with Gasteiger partial charge < -0.3 is 19.7 Å². The van der Waals surface area contributed by atoms with Crippen molar-refractivity contribution in [3.8, 4) is 11.5 Å². The van der Waals surface area contributed by atoms with Gasteiger partial charge in [-0.25, -0.2) is 0 Å². The highest BCUT2D eigenvalue weighted by molar-refractivity contribution is 5.88. The van der Waals surface area contributed by atoms with Crippen LogP contribution < -0.4 is 14.8 Å². The zero-order valence-electron chi connectivity index (χ0n) is 19.3. The average molecular weight is 447 g/mol. The summed E-state index contributed by atoms with van der Waals surface area (Å²) in [5.41, 5.74) is 3.05. The van der Waals surface area contributed by atoms with E-state index in [0.717, 1.165) is 16.7 Å². The predicted molar refractivity (Wildman–Crippen MR) is 128 cm³/mol. The van der Waals surface area contributed by atoms with Crippen molar-refractivity contribution in [2.75, 3.05) is 20.8 Å². The lowest BCUT2D eigenvalue weighted by molar-refractivity contribution is -0.142. The van der Waals surface area contributed by atoms with Gasteiger partial charge in [-0.3, -0.25) is 9.59 Å². The third kappa shape index (κ3) is 6.84. The summed E-state index contributed by atoms with van der Waals surface area (Å²) >= 11 is 0. The lowest BCUT2D eigenvalue weighted by atomic mass is 10.0. The number of nitrogens with zero attached hydrogens (tertiary/aromatic N) is 1. The summed E-state index contributed by atoms with van der Waals surface area (Å²) in [7, 11) is 3.18. The summed E-state index contributed by atoms with van der Waals surface area (Å²) in [6.45, 7) is 2.13. The molecule has 6 heteroatoms. The van der Waals surface area contributed by atoms with Gasteiger partial charge in [-0.1, -0.05) is 60.2 Å². The highest BCUT2D eigenvalue weighted by Gasteiger charge is 2.30. The summed E-state index contributed by atoms with van der Waals surface area (Å²) < 4.78 is 10.9. The molecule has 33 heavy (non-hydrogen) atoms. The van der Waals surface area contributed by atoms with Gasteiger partial charge in [-0.2, -0.15) is 0 Å². The first-order valence-corrected chi connectivity index (χ1v) is 10.9. The number of carbonyl (C=O) groups is 2. The van der Waals surface area contributed by atoms with Gasteiger partial charge in [-0.05, 0) is 42.3 Å². The van der Waals surface area contributed by atoms with Crippen LogP contribution in [0.3, 0.4) is 0 Å². The molecule has 0 fully saturated rings. The minimum Gasteiger partial charge on any atom is -0.497 e. The van der Waals surface area contributed by atoms with Gasteiger partial charge in [0.05, 0.1) is 7.11 Å². The second-order valence-corrected chi connectivity index (χ2v) is 7.79. The minimum absolute atomic E-state index is 0.180. The molecule has 2 amide bonds. The molecule has 1 N–H and O–H groups in total. The highest BCUT2D eigenvalue weighted by Crippen LogP contribution is 2.19. The molecule has 1 atom stereocenters. The third-order valence-electron chi connectivity index (χ3n) is 5.41. The Morgan fingerprint density at radius 1 is 0.879 bits per heavy atom. The SMILES string of the molecule is CNC(=O)[C@@H](Cc1ccccc1)N(Cc1ccc(C)cc1)C(=O)COc1ccc(OC)cc1. The number of aryl methyl sites for hydroxylation is 1. The van der Waals surface area contributed by atoms with E-state index in [4.69, 9.17) is 9.47 Å². The number of benzene rings is 3. The Morgan fingerprint density at radius 3 is 2.12 bits per heavy atom. The third-order valence-corrected chi connectivity index (χ3v) is 5.41. The summed E-state index contributed by atoms with van der Waals surface area (Å²) in [5.74, 6) is 0.774. The first-order chi connectivity index (χ1) is 16.0. The molecule has 3 rings (SSSR count). The zero-order valence-corrected chi connectivity index (χ0v) is 19.3. The molecule has 6 nitrogen and oxygen atoms in total. The van der Waals surface area contributed by atoms with E-state index >= 15 is 0 Å². The lowest BCUT2D eigenvalue weighted by Gasteiger charge is -2.31. The van der Waals surface area contributed by atoms with E-state index in [-0.39, 0.29) is 18.4 Å². The minimum atomic E-state index is -0.675. The van der Waals surface area contributed by atoms with Crippen LogP contribution in [0.2, 0.25) is 0 Å². The summed E-state index contributed by atoms with van der Waals surface area (Å²) in [6, 6.07) is 24.0. The molecule has 0 unspecified atom stereocenters. The Labute approximate surface area is 195 Å². The molecule has 0 aliphatic rings. The van der Waals surface area contributed by atoms with Crippen molar-refractivity contribution < 1.29 is 19.1 Å². The molecule has 0 aliphatic carbocycles. The quantitative estimate of drug-likeness (QED) is 0.515. The van der Waals surface area contributed by atoms with Crippen LogP contribution in [-0.4, -0.2) is 43.5 Å². The molecule has 0 aliphatic heterocycles. The van der Waals surface area contributed by atoms with E-state index in [0.29, 0.717) is 24.5 Å². The Morgan fingerprint density at radius 2 is 1.52 bits per heavy atom. The molecule has 0 bridgehead atoms. The second-order valence-electron chi connectivity index (χ2n) is 7.79. The van der Waals surface area contributed by atoms with E-state index in [9.17, 15) is 9.59 Å². The van der Waals surface area contributed by atoms with Crippen LogP contribution in [0.1, 0.15) is 16.7 Å². The van der Waals surface area contributed by atoms with Crippen LogP contribution in [0.5, 0.6) is 11.5 Å². The molecule has 3 aromatic rings. The topological polar surface area (TPSA) is 67.9 Å². The number of hydrogen-bond donors (Lipinski definition) is 1. The van der Waals surface area contributed by atoms with E-state index in [1.165, 1.54) is 0 Å². The van der Waals surface area contributed by atoms with Gasteiger partial charge in [0, 0.05) is 20.0 Å². The molecule has 3 aromatic carbocycles. The summed E-state index contributed by atoms with van der Waals surface area (Å²) in [4.78, 5) is 27.8. The van der Waals surface area contributed by atoms with Crippen molar-refractivity contribution in [2.45, 2.75) is 25.9 Å². The molecule has 0 saturated carbocycles. The zero-order chi connectivity index (χ0) is 23.6. The maximum atomic E-state index is 13.4. The molecule has 172 valence electrons. The van der Waals surface area contributed by atoms with Crippen molar-refractivity contribution in [1.29, 1.82) is 0 Å². The normalized spacial score (nSPS) is 11.4. The van der Waals surface area contributed by atoms with Crippen LogP contribution in [0.4, 0.5) is 0 Å².